The number of benzene rings is 1. The number of hydrogen-bond donors (Lipinski definition) is 1. The Bertz CT molecular complexity index is 330. The Morgan fingerprint density at radius 3 is 2.19 bits per heavy atom. The van der Waals surface area contributed by atoms with Crippen molar-refractivity contribution in [1.82, 2.24) is 0 Å². The number of nitrogen functional groups attached to an aromatic ring is 1. The summed E-state index contributed by atoms with van der Waals surface area (Å²) in [6, 6.07) is 3.49. The smallest absolute Gasteiger partial charge is 0.0746 e. The van der Waals surface area contributed by atoms with Crippen molar-refractivity contribution in [3.63, 3.8) is 0 Å². The fourth-order valence-electron chi connectivity index (χ4n) is 1.66. The molecule has 0 aliphatic carbocycles. The van der Waals surface area contributed by atoms with E-state index in [2.05, 4.69) is 18.7 Å². The van der Waals surface area contributed by atoms with Crippen molar-refractivity contribution in [3.8, 4) is 0 Å². The minimum absolute atomic E-state index is 0.602. The van der Waals surface area contributed by atoms with E-state index in [1.165, 1.54) is 0 Å². The number of hydrogen-bond acceptors (Lipinski definition) is 2. The highest BCUT2D eigenvalue weighted by Gasteiger charge is 2.13. The molecule has 16 heavy (non-hydrogen) atoms. The Kier molecular flexibility index (Phi) is 5.23. The number of anilines is 2. The van der Waals surface area contributed by atoms with Crippen molar-refractivity contribution in [1.29, 1.82) is 0 Å². The average Bonchev–Trinajstić information content (AvgIpc) is 2.21. The zero-order chi connectivity index (χ0) is 12.1. The van der Waals surface area contributed by atoms with Crippen LogP contribution in [0.1, 0.15) is 26.7 Å². The molecule has 0 unspecified atom stereocenters. The van der Waals surface area contributed by atoms with Gasteiger partial charge in [-0.25, -0.2) is 0 Å². The fraction of sp³-hybridized carbons (Fsp3) is 0.500. The molecule has 0 spiro atoms. The minimum atomic E-state index is 0.602. The molecule has 90 valence electrons. The van der Waals surface area contributed by atoms with Crippen LogP contribution in [0.4, 0.5) is 11.4 Å². The first-order chi connectivity index (χ1) is 7.60. The Balaban J connectivity index is 2.99. The lowest BCUT2D eigenvalue weighted by Crippen LogP contribution is -2.24. The lowest BCUT2D eigenvalue weighted by molar-refractivity contribution is 0.732. The minimum Gasteiger partial charge on any atom is -0.399 e. The summed E-state index contributed by atoms with van der Waals surface area (Å²) in [5.41, 5.74) is 7.18. The number of unbranched alkanes of at least 4 members (excludes halogenated alkanes) is 1. The number of nitrogens with zero attached hydrogens (tertiary/aromatic N) is 1. The van der Waals surface area contributed by atoms with Gasteiger partial charge in [0.2, 0.25) is 0 Å². The zero-order valence-electron chi connectivity index (χ0n) is 9.76. The molecule has 1 aromatic carbocycles. The molecule has 0 aliphatic rings. The predicted octanol–water partition coefficient (Wildman–Crippen LogP) is 4.20. The molecule has 0 bridgehead atoms. The Hall–Kier alpha value is -0.600. The molecule has 0 radical (unpaired) electrons. The molecule has 0 saturated heterocycles. The summed E-state index contributed by atoms with van der Waals surface area (Å²) in [5.74, 6) is 0. The number of rotatable bonds is 5. The second-order valence-electron chi connectivity index (χ2n) is 3.77. The summed E-state index contributed by atoms with van der Waals surface area (Å²) in [7, 11) is 0. The van der Waals surface area contributed by atoms with Crippen LogP contribution in [-0.4, -0.2) is 13.1 Å². The predicted molar refractivity (Wildman–Crippen MR) is 73.7 cm³/mol. The second-order valence-corrected chi connectivity index (χ2v) is 4.58. The Morgan fingerprint density at radius 1 is 1.19 bits per heavy atom. The highest BCUT2D eigenvalue weighted by molar-refractivity contribution is 6.39. The highest BCUT2D eigenvalue weighted by Crippen LogP contribution is 2.35. The number of halogens is 2. The van der Waals surface area contributed by atoms with Crippen molar-refractivity contribution in [2.75, 3.05) is 23.7 Å². The van der Waals surface area contributed by atoms with Gasteiger partial charge in [0.15, 0.2) is 0 Å². The first-order valence-electron chi connectivity index (χ1n) is 5.59. The number of nitrogens with two attached hydrogens (primary N) is 1. The van der Waals surface area contributed by atoms with Gasteiger partial charge < -0.3 is 10.6 Å². The molecule has 0 heterocycles. The van der Waals surface area contributed by atoms with E-state index in [0.717, 1.165) is 31.6 Å². The van der Waals surface area contributed by atoms with E-state index >= 15 is 0 Å². The van der Waals surface area contributed by atoms with Crippen molar-refractivity contribution in [2.45, 2.75) is 26.7 Å². The van der Waals surface area contributed by atoms with Gasteiger partial charge in [0.25, 0.3) is 0 Å². The van der Waals surface area contributed by atoms with Crippen LogP contribution in [0.25, 0.3) is 0 Å². The SMILES string of the molecule is CCCCN(CC)c1c(Cl)cc(N)cc1Cl. The molecule has 0 fully saturated rings. The summed E-state index contributed by atoms with van der Waals surface area (Å²) in [6.07, 6.45) is 2.28. The second kappa shape index (κ2) is 6.21. The summed E-state index contributed by atoms with van der Waals surface area (Å²) in [4.78, 5) is 2.19. The lowest BCUT2D eigenvalue weighted by atomic mass is 10.2. The van der Waals surface area contributed by atoms with Gasteiger partial charge in [-0.05, 0) is 25.5 Å². The van der Waals surface area contributed by atoms with E-state index < -0.39 is 0 Å². The molecular formula is C12H18Cl2N2. The monoisotopic (exact) mass is 260 g/mol. The zero-order valence-corrected chi connectivity index (χ0v) is 11.3. The van der Waals surface area contributed by atoms with E-state index in [0.29, 0.717) is 15.7 Å². The van der Waals surface area contributed by atoms with Gasteiger partial charge in [0, 0.05) is 18.8 Å². The average molecular weight is 261 g/mol. The quantitative estimate of drug-likeness (QED) is 0.805. The summed E-state index contributed by atoms with van der Waals surface area (Å²) in [5, 5.41) is 1.26. The van der Waals surface area contributed by atoms with Gasteiger partial charge in [0.05, 0.1) is 15.7 Å². The van der Waals surface area contributed by atoms with Crippen LogP contribution in [0.3, 0.4) is 0 Å². The van der Waals surface area contributed by atoms with Gasteiger partial charge in [0.1, 0.15) is 0 Å². The summed E-state index contributed by atoms with van der Waals surface area (Å²) >= 11 is 12.4. The summed E-state index contributed by atoms with van der Waals surface area (Å²) < 4.78 is 0. The normalized spacial score (nSPS) is 10.5. The first-order valence-corrected chi connectivity index (χ1v) is 6.35. The van der Waals surface area contributed by atoms with E-state index in [9.17, 15) is 0 Å². The molecular weight excluding hydrogens is 243 g/mol. The van der Waals surface area contributed by atoms with Gasteiger partial charge in [-0.1, -0.05) is 36.5 Å². The maximum absolute atomic E-state index is 6.18. The lowest BCUT2D eigenvalue weighted by Gasteiger charge is -2.25. The molecule has 0 saturated carbocycles. The van der Waals surface area contributed by atoms with Gasteiger partial charge in [-0.15, -0.1) is 0 Å². The van der Waals surface area contributed by atoms with Crippen molar-refractivity contribution in [3.05, 3.63) is 22.2 Å². The van der Waals surface area contributed by atoms with Crippen molar-refractivity contribution in [2.24, 2.45) is 0 Å². The maximum atomic E-state index is 6.18. The van der Waals surface area contributed by atoms with E-state index in [-0.39, 0.29) is 0 Å². The van der Waals surface area contributed by atoms with Gasteiger partial charge >= 0.3 is 0 Å². The van der Waals surface area contributed by atoms with Crippen LogP contribution in [0, 0.1) is 0 Å². The molecule has 0 aromatic heterocycles. The van der Waals surface area contributed by atoms with Crippen molar-refractivity contribution < 1.29 is 0 Å². The molecule has 0 atom stereocenters. The van der Waals surface area contributed by atoms with E-state index in [1.807, 2.05) is 0 Å². The van der Waals surface area contributed by atoms with Crippen LogP contribution in [0.5, 0.6) is 0 Å². The van der Waals surface area contributed by atoms with Crippen LogP contribution in [0.2, 0.25) is 10.0 Å². The van der Waals surface area contributed by atoms with Crippen LogP contribution in [-0.2, 0) is 0 Å². The standard InChI is InChI=1S/C12H18Cl2N2/c1-3-5-6-16(4-2)12-10(13)7-9(15)8-11(12)14/h7-8H,3-6,15H2,1-2H3. The Labute approximate surface area is 107 Å². The molecule has 4 heteroatoms. The fourth-order valence-corrected chi connectivity index (χ4v) is 2.41. The third-order valence-corrected chi connectivity index (χ3v) is 3.09. The molecule has 1 aromatic rings. The molecule has 2 nitrogen and oxygen atoms in total. The summed E-state index contributed by atoms with van der Waals surface area (Å²) in [6.45, 7) is 6.12. The van der Waals surface area contributed by atoms with Gasteiger partial charge in [-0.3, -0.25) is 0 Å². The van der Waals surface area contributed by atoms with Crippen LogP contribution in [0.15, 0.2) is 12.1 Å². The Morgan fingerprint density at radius 2 is 1.75 bits per heavy atom. The third kappa shape index (κ3) is 3.19. The van der Waals surface area contributed by atoms with Crippen LogP contribution >= 0.6 is 23.2 Å². The van der Waals surface area contributed by atoms with E-state index in [1.54, 1.807) is 12.1 Å². The van der Waals surface area contributed by atoms with Crippen molar-refractivity contribution >= 4 is 34.6 Å². The maximum Gasteiger partial charge on any atom is 0.0746 e. The topological polar surface area (TPSA) is 29.3 Å². The molecule has 0 aliphatic heterocycles. The van der Waals surface area contributed by atoms with E-state index in [4.69, 9.17) is 28.9 Å². The largest absolute Gasteiger partial charge is 0.399 e. The first kappa shape index (κ1) is 13.5. The molecule has 2 N–H and O–H groups in total. The molecule has 0 amide bonds. The highest BCUT2D eigenvalue weighted by atomic mass is 35.5. The van der Waals surface area contributed by atoms with Crippen LogP contribution < -0.4 is 10.6 Å². The molecule has 1 rings (SSSR count). The third-order valence-electron chi connectivity index (χ3n) is 2.52. The van der Waals surface area contributed by atoms with Gasteiger partial charge in [-0.2, -0.15) is 0 Å².